The largest absolute Gasteiger partial charge is 0.395 e. The van der Waals surface area contributed by atoms with E-state index in [1.807, 2.05) is 34.6 Å². The van der Waals surface area contributed by atoms with Gasteiger partial charge in [0, 0.05) is 56.0 Å². The van der Waals surface area contributed by atoms with Gasteiger partial charge in [0.1, 0.15) is 11.4 Å². The highest BCUT2D eigenvalue weighted by molar-refractivity contribution is 6.06. The lowest BCUT2D eigenvalue weighted by Crippen LogP contribution is -2.47. The number of anilines is 2. The van der Waals surface area contributed by atoms with Gasteiger partial charge < -0.3 is 19.9 Å². The molecule has 0 bridgehead atoms. The number of hydrogen-bond donors (Lipinski definition) is 2. The SMILES string of the molecule is Cc1ccccc1NC(=O)c1cn(C2CC2)c2cc(N3CCN(CCO)CC3)c(F)cc2c1=O. The molecule has 5 rings (SSSR count). The third kappa shape index (κ3) is 4.31. The Balaban J connectivity index is 1.52. The average molecular weight is 465 g/mol. The van der Waals surface area contributed by atoms with Crippen molar-refractivity contribution in [2.24, 2.45) is 0 Å². The molecule has 34 heavy (non-hydrogen) atoms. The van der Waals surface area contributed by atoms with Gasteiger partial charge in [0.2, 0.25) is 5.43 Å². The van der Waals surface area contributed by atoms with Gasteiger partial charge in [-0.05, 0) is 43.5 Å². The van der Waals surface area contributed by atoms with E-state index < -0.39 is 17.2 Å². The Morgan fingerprint density at radius 3 is 2.56 bits per heavy atom. The predicted molar refractivity (Wildman–Crippen MR) is 131 cm³/mol. The fourth-order valence-electron chi connectivity index (χ4n) is 4.67. The third-order valence-corrected chi connectivity index (χ3v) is 6.81. The predicted octanol–water partition coefficient (Wildman–Crippen LogP) is 3.15. The van der Waals surface area contributed by atoms with Gasteiger partial charge in [0.15, 0.2) is 0 Å². The number of aryl methyl sites for hydroxylation is 1. The van der Waals surface area contributed by atoms with E-state index in [1.165, 1.54) is 6.07 Å². The van der Waals surface area contributed by atoms with Crippen LogP contribution in [-0.4, -0.2) is 59.8 Å². The maximum absolute atomic E-state index is 15.3. The minimum Gasteiger partial charge on any atom is -0.395 e. The molecule has 1 aliphatic heterocycles. The first kappa shape index (κ1) is 22.6. The molecular weight excluding hydrogens is 435 g/mol. The van der Waals surface area contributed by atoms with Crippen LogP contribution >= 0.6 is 0 Å². The first-order valence-corrected chi connectivity index (χ1v) is 11.8. The molecule has 2 aromatic carbocycles. The quantitative estimate of drug-likeness (QED) is 0.586. The second-order valence-corrected chi connectivity index (χ2v) is 9.15. The maximum atomic E-state index is 15.3. The van der Waals surface area contributed by atoms with Crippen LogP contribution < -0.4 is 15.6 Å². The Hall–Kier alpha value is -3.23. The maximum Gasteiger partial charge on any atom is 0.261 e. The van der Waals surface area contributed by atoms with E-state index in [-0.39, 0.29) is 23.6 Å². The van der Waals surface area contributed by atoms with Crippen molar-refractivity contribution in [3.8, 4) is 0 Å². The van der Waals surface area contributed by atoms with Crippen LogP contribution in [0.4, 0.5) is 15.8 Å². The Morgan fingerprint density at radius 2 is 1.88 bits per heavy atom. The fourth-order valence-corrected chi connectivity index (χ4v) is 4.67. The summed E-state index contributed by atoms with van der Waals surface area (Å²) in [5.41, 5.74) is 2.24. The molecule has 2 fully saturated rings. The Bertz CT molecular complexity index is 1290. The number of halogens is 1. The average Bonchev–Trinajstić information content (AvgIpc) is 3.67. The molecule has 1 aliphatic carbocycles. The van der Waals surface area contributed by atoms with Gasteiger partial charge in [-0.1, -0.05) is 18.2 Å². The number of aliphatic hydroxyl groups excluding tert-OH is 1. The zero-order valence-electron chi connectivity index (χ0n) is 19.3. The summed E-state index contributed by atoms with van der Waals surface area (Å²) >= 11 is 0. The van der Waals surface area contributed by atoms with E-state index in [4.69, 9.17) is 5.11 Å². The number of fused-ring (bicyclic) bond motifs is 1. The molecule has 0 spiro atoms. The van der Waals surface area contributed by atoms with Gasteiger partial charge in [-0.25, -0.2) is 4.39 Å². The number of aliphatic hydroxyl groups is 1. The number of nitrogens with one attached hydrogen (secondary N) is 1. The summed E-state index contributed by atoms with van der Waals surface area (Å²) < 4.78 is 17.2. The summed E-state index contributed by atoms with van der Waals surface area (Å²) in [7, 11) is 0. The molecule has 8 heteroatoms. The molecule has 178 valence electrons. The second kappa shape index (κ2) is 9.19. The zero-order chi connectivity index (χ0) is 23.8. The number of β-amino-alcohol motifs (C(OH)–C–C–N with tert-alkyl or cyclic N) is 1. The van der Waals surface area contributed by atoms with Gasteiger partial charge in [-0.15, -0.1) is 0 Å². The molecule has 7 nitrogen and oxygen atoms in total. The molecule has 1 aromatic heterocycles. The lowest BCUT2D eigenvalue weighted by atomic mass is 10.1. The number of rotatable bonds is 6. The zero-order valence-corrected chi connectivity index (χ0v) is 19.3. The van der Waals surface area contributed by atoms with Crippen LogP contribution in [0.1, 0.15) is 34.8 Å². The van der Waals surface area contributed by atoms with Crippen molar-refractivity contribution in [2.75, 3.05) is 49.5 Å². The highest BCUT2D eigenvalue weighted by atomic mass is 19.1. The number of piperazine rings is 1. The van der Waals surface area contributed by atoms with Gasteiger partial charge in [0.05, 0.1) is 17.8 Å². The summed E-state index contributed by atoms with van der Waals surface area (Å²) in [5.74, 6) is -0.945. The van der Waals surface area contributed by atoms with E-state index in [2.05, 4.69) is 10.2 Å². The standard InChI is InChI=1S/C26H29FN4O3/c1-17-4-2-3-5-22(17)28-26(34)20-16-31(18-6-7-18)23-15-24(21(27)14-19(23)25(20)33)30-10-8-29(9-11-30)12-13-32/h2-5,14-16,18,32H,6-13H2,1H3,(H,28,34). The van der Waals surface area contributed by atoms with Crippen molar-refractivity contribution in [3.05, 3.63) is 69.8 Å². The molecule has 1 saturated heterocycles. The third-order valence-electron chi connectivity index (χ3n) is 6.81. The van der Waals surface area contributed by atoms with E-state index >= 15 is 4.39 Å². The topological polar surface area (TPSA) is 77.8 Å². The smallest absolute Gasteiger partial charge is 0.261 e. The molecule has 1 amide bonds. The fraction of sp³-hybridized carbons (Fsp3) is 0.385. The number of benzene rings is 2. The molecule has 1 saturated carbocycles. The molecule has 2 N–H and O–H groups in total. The number of carbonyl (C=O) groups is 1. The van der Waals surface area contributed by atoms with Crippen molar-refractivity contribution in [2.45, 2.75) is 25.8 Å². The molecule has 0 radical (unpaired) electrons. The first-order valence-electron chi connectivity index (χ1n) is 11.8. The molecule has 0 unspecified atom stereocenters. The minimum atomic E-state index is -0.486. The Kier molecular flexibility index (Phi) is 6.10. The summed E-state index contributed by atoms with van der Waals surface area (Å²) in [6, 6.07) is 10.6. The first-order chi connectivity index (χ1) is 16.5. The summed E-state index contributed by atoms with van der Waals surface area (Å²) in [6.45, 7) is 5.39. The van der Waals surface area contributed by atoms with Crippen molar-refractivity contribution in [3.63, 3.8) is 0 Å². The van der Waals surface area contributed by atoms with E-state index in [0.29, 0.717) is 36.5 Å². The van der Waals surface area contributed by atoms with Crippen LogP contribution in [-0.2, 0) is 0 Å². The van der Waals surface area contributed by atoms with Crippen LogP contribution in [0.2, 0.25) is 0 Å². The van der Waals surface area contributed by atoms with Gasteiger partial charge >= 0.3 is 0 Å². The number of nitrogens with zero attached hydrogens (tertiary/aromatic N) is 3. The van der Waals surface area contributed by atoms with Gasteiger partial charge in [0.25, 0.3) is 5.91 Å². The molecular formula is C26H29FN4O3. The van der Waals surface area contributed by atoms with Crippen molar-refractivity contribution < 1.29 is 14.3 Å². The minimum absolute atomic E-state index is 0.0208. The van der Waals surface area contributed by atoms with Crippen LogP contribution in [0.25, 0.3) is 10.9 Å². The van der Waals surface area contributed by atoms with Crippen molar-refractivity contribution >= 4 is 28.2 Å². The number of pyridine rings is 1. The highest BCUT2D eigenvalue weighted by Crippen LogP contribution is 2.38. The number of aromatic nitrogens is 1. The number of para-hydroxylation sites is 1. The Morgan fingerprint density at radius 1 is 1.15 bits per heavy atom. The molecule has 2 heterocycles. The lowest BCUT2D eigenvalue weighted by molar-refractivity contribution is 0.102. The molecule has 0 atom stereocenters. The molecule has 3 aromatic rings. The summed E-state index contributed by atoms with van der Waals surface area (Å²) in [6.07, 6.45) is 3.56. The number of carbonyl (C=O) groups excluding carboxylic acids is 1. The highest BCUT2D eigenvalue weighted by Gasteiger charge is 2.28. The van der Waals surface area contributed by atoms with E-state index in [1.54, 1.807) is 18.3 Å². The van der Waals surface area contributed by atoms with E-state index in [9.17, 15) is 9.59 Å². The van der Waals surface area contributed by atoms with Crippen LogP contribution in [0.3, 0.4) is 0 Å². The van der Waals surface area contributed by atoms with Crippen LogP contribution in [0.15, 0.2) is 47.4 Å². The Labute approximate surface area is 197 Å². The van der Waals surface area contributed by atoms with Gasteiger partial charge in [-0.3, -0.25) is 14.5 Å². The van der Waals surface area contributed by atoms with Gasteiger partial charge in [-0.2, -0.15) is 0 Å². The number of hydrogen-bond acceptors (Lipinski definition) is 5. The second-order valence-electron chi connectivity index (χ2n) is 9.15. The van der Waals surface area contributed by atoms with Crippen LogP contribution in [0, 0.1) is 12.7 Å². The van der Waals surface area contributed by atoms with Crippen molar-refractivity contribution in [1.29, 1.82) is 0 Å². The molecule has 2 aliphatic rings. The summed E-state index contributed by atoms with van der Waals surface area (Å²) in [5, 5.41) is 12.2. The lowest BCUT2D eigenvalue weighted by Gasteiger charge is -2.36. The van der Waals surface area contributed by atoms with Crippen molar-refractivity contribution in [1.82, 2.24) is 9.47 Å². The van der Waals surface area contributed by atoms with E-state index in [0.717, 1.165) is 31.5 Å². The monoisotopic (exact) mass is 464 g/mol. The van der Waals surface area contributed by atoms with Crippen LogP contribution in [0.5, 0.6) is 0 Å². The number of amides is 1. The normalized spacial score (nSPS) is 16.7. The summed E-state index contributed by atoms with van der Waals surface area (Å²) in [4.78, 5) is 30.5.